The molecule has 1 amide bonds. The standard InChI is InChI=1S/C34H46N4O5S/c1-2-3-4-5-6-7-8-9-10-11-12-13-14-20-32(39)36-28-23-21-27(22-24-28)33-31(19-16-25-35)34(40)38(37-33)29-17-15-18-30(26-29)44(41,42)43/h15,17-18,21-24,26,37H,2-14,16,19-20H2,1H3,(H,36,39)(H,41,42,43). The first-order valence-corrected chi connectivity index (χ1v) is 17.4. The second-order valence-electron chi connectivity index (χ2n) is 11.4. The second kappa shape index (κ2) is 18.2. The number of rotatable bonds is 20. The van der Waals surface area contributed by atoms with Gasteiger partial charge in [0.1, 0.15) is 0 Å². The zero-order valence-corrected chi connectivity index (χ0v) is 26.6. The van der Waals surface area contributed by atoms with Gasteiger partial charge >= 0.3 is 0 Å². The van der Waals surface area contributed by atoms with Crippen molar-refractivity contribution < 1.29 is 17.8 Å². The van der Waals surface area contributed by atoms with Crippen LogP contribution < -0.4 is 10.9 Å². The Kier molecular flexibility index (Phi) is 14.4. The molecule has 0 atom stereocenters. The summed E-state index contributed by atoms with van der Waals surface area (Å²) in [5, 5.41) is 15.1. The molecule has 2 aromatic carbocycles. The number of nitriles is 1. The second-order valence-corrected chi connectivity index (χ2v) is 12.8. The number of unbranched alkanes of at least 4 members (excludes halogenated alkanes) is 12. The Hall–Kier alpha value is -3.68. The molecule has 0 spiro atoms. The van der Waals surface area contributed by atoms with Crippen LogP contribution in [0.5, 0.6) is 0 Å². The predicted molar refractivity (Wildman–Crippen MR) is 175 cm³/mol. The van der Waals surface area contributed by atoms with Crippen LogP contribution in [-0.4, -0.2) is 28.7 Å². The molecule has 1 heterocycles. The topological polar surface area (TPSA) is 145 Å². The summed E-state index contributed by atoms with van der Waals surface area (Å²) in [6, 6.07) is 14.5. The lowest BCUT2D eigenvalue weighted by Gasteiger charge is -2.08. The van der Waals surface area contributed by atoms with E-state index < -0.39 is 15.7 Å². The van der Waals surface area contributed by atoms with Crippen LogP contribution in [0.3, 0.4) is 0 Å². The Morgan fingerprint density at radius 2 is 1.50 bits per heavy atom. The number of anilines is 1. The minimum absolute atomic E-state index is 0.0335. The number of amides is 1. The van der Waals surface area contributed by atoms with Crippen molar-refractivity contribution in [3.05, 3.63) is 64.4 Å². The number of nitrogens with zero attached hydrogens (tertiary/aromatic N) is 2. The van der Waals surface area contributed by atoms with Gasteiger partial charge in [0.25, 0.3) is 15.7 Å². The number of aromatic amines is 1. The van der Waals surface area contributed by atoms with Gasteiger partial charge in [-0.1, -0.05) is 102 Å². The summed E-state index contributed by atoms with van der Waals surface area (Å²) in [6.07, 6.45) is 17.1. The maximum Gasteiger partial charge on any atom is 0.294 e. The number of aromatic nitrogens is 2. The van der Waals surface area contributed by atoms with Crippen molar-refractivity contribution in [2.45, 2.75) is 115 Å². The van der Waals surface area contributed by atoms with E-state index in [9.17, 15) is 22.6 Å². The Morgan fingerprint density at radius 1 is 0.909 bits per heavy atom. The van der Waals surface area contributed by atoms with Gasteiger partial charge in [-0.05, 0) is 43.2 Å². The van der Waals surface area contributed by atoms with Gasteiger partial charge < -0.3 is 5.32 Å². The molecule has 10 heteroatoms. The summed E-state index contributed by atoms with van der Waals surface area (Å²) in [7, 11) is -4.46. The van der Waals surface area contributed by atoms with Gasteiger partial charge in [0, 0.05) is 29.7 Å². The molecule has 238 valence electrons. The Bertz CT molecular complexity index is 1530. The molecule has 44 heavy (non-hydrogen) atoms. The van der Waals surface area contributed by atoms with E-state index in [1.54, 1.807) is 30.3 Å². The number of hydrogen-bond donors (Lipinski definition) is 3. The third-order valence-electron chi connectivity index (χ3n) is 7.81. The number of H-pyrrole nitrogens is 1. The number of nitrogens with one attached hydrogen (secondary N) is 2. The number of carbonyl (C=O) groups excluding carboxylic acids is 1. The van der Waals surface area contributed by atoms with Crippen LogP contribution in [0, 0.1) is 11.3 Å². The quantitative estimate of drug-likeness (QED) is 0.0861. The molecule has 0 fully saturated rings. The van der Waals surface area contributed by atoms with E-state index in [0.29, 0.717) is 28.9 Å². The fourth-order valence-corrected chi connectivity index (χ4v) is 5.86. The highest BCUT2D eigenvalue weighted by Crippen LogP contribution is 2.25. The van der Waals surface area contributed by atoms with E-state index in [2.05, 4.69) is 23.4 Å². The highest BCUT2D eigenvalue weighted by Gasteiger charge is 2.18. The van der Waals surface area contributed by atoms with Crippen LogP contribution in [0.15, 0.2) is 58.2 Å². The zero-order valence-electron chi connectivity index (χ0n) is 25.8. The molecule has 0 aliphatic rings. The fraction of sp³-hybridized carbons (Fsp3) is 0.500. The largest absolute Gasteiger partial charge is 0.326 e. The van der Waals surface area contributed by atoms with Crippen molar-refractivity contribution in [1.82, 2.24) is 9.78 Å². The van der Waals surface area contributed by atoms with Gasteiger partial charge in [-0.15, -0.1) is 0 Å². The van der Waals surface area contributed by atoms with Crippen molar-refractivity contribution in [1.29, 1.82) is 5.26 Å². The smallest absolute Gasteiger partial charge is 0.294 e. The summed E-state index contributed by atoms with van der Waals surface area (Å²) in [6.45, 7) is 2.25. The lowest BCUT2D eigenvalue weighted by molar-refractivity contribution is -0.116. The van der Waals surface area contributed by atoms with E-state index in [1.807, 2.05) is 0 Å². The molecule has 3 N–H and O–H groups in total. The third-order valence-corrected chi connectivity index (χ3v) is 8.66. The average Bonchev–Trinajstić information content (AvgIpc) is 3.34. The number of hydrogen-bond acceptors (Lipinski definition) is 5. The Labute approximate surface area is 261 Å². The number of benzene rings is 2. The summed E-state index contributed by atoms with van der Waals surface area (Å²) >= 11 is 0. The lowest BCUT2D eigenvalue weighted by atomic mass is 10.0. The van der Waals surface area contributed by atoms with Crippen molar-refractivity contribution >= 4 is 21.7 Å². The molecular weight excluding hydrogens is 576 g/mol. The van der Waals surface area contributed by atoms with Crippen LogP contribution in [0.1, 0.15) is 109 Å². The minimum atomic E-state index is -4.46. The van der Waals surface area contributed by atoms with Crippen LogP contribution >= 0.6 is 0 Å². The Balaban J connectivity index is 1.50. The van der Waals surface area contributed by atoms with E-state index >= 15 is 0 Å². The first-order valence-electron chi connectivity index (χ1n) is 15.9. The molecule has 0 radical (unpaired) electrons. The van der Waals surface area contributed by atoms with Gasteiger partial charge in [0.05, 0.1) is 22.3 Å². The molecule has 0 bridgehead atoms. The van der Waals surface area contributed by atoms with Crippen LogP contribution in [-0.2, 0) is 21.3 Å². The first kappa shape index (κ1) is 34.8. The molecule has 0 saturated heterocycles. The van der Waals surface area contributed by atoms with E-state index in [4.69, 9.17) is 5.26 Å². The Morgan fingerprint density at radius 3 is 2.07 bits per heavy atom. The maximum atomic E-state index is 13.3. The zero-order chi connectivity index (χ0) is 31.8. The van der Waals surface area contributed by atoms with E-state index in [-0.39, 0.29) is 29.3 Å². The van der Waals surface area contributed by atoms with Crippen LogP contribution in [0.25, 0.3) is 16.9 Å². The third kappa shape index (κ3) is 11.1. The van der Waals surface area contributed by atoms with Crippen LogP contribution in [0.4, 0.5) is 5.69 Å². The molecule has 0 aliphatic heterocycles. The first-order chi connectivity index (χ1) is 21.2. The van der Waals surface area contributed by atoms with Gasteiger partial charge in [-0.3, -0.25) is 19.2 Å². The van der Waals surface area contributed by atoms with E-state index in [1.165, 1.54) is 87.1 Å². The summed E-state index contributed by atoms with van der Waals surface area (Å²) in [5.41, 5.74) is 2.00. The molecule has 9 nitrogen and oxygen atoms in total. The van der Waals surface area contributed by atoms with Gasteiger partial charge in [-0.25, -0.2) is 4.68 Å². The highest BCUT2D eigenvalue weighted by molar-refractivity contribution is 7.85. The molecule has 1 aromatic heterocycles. The lowest BCUT2D eigenvalue weighted by Crippen LogP contribution is -2.17. The maximum absolute atomic E-state index is 13.3. The van der Waals surface area contributed by atoms with Gasteiger partial charge in [0.2, 0.25) is 5.91 Å². The van der Waals surface area contributed by atoms with E-state index in [0.717, 1.165) is 19.3 Å². The van der Waals surface area contributed by atoms with Gasteiger partial charge in [0.15, 0.2) is 0 Å². The average molecular weight is 623 g/mol. The van der Waals surface area contributed by atoms with Crippen molar-refractivity contribution in [2.24, 2.45) is 0 Å². The van der Waals surface area contributed by atoms with Crippen molar-refractivity contribution in [2.75, 3.05) is 5.32 Å². The van der Waals surface area contributed by atoms with Gasteiger partial charge in [-0.2, -0.15) is 13.7 Å². The highest BCUT2D eigenvalue weighted by atomic mass is 32.2. The summed E-state index contributed by atoms with van der Waals surface area (Å²) < 4.78 is 33.8. The summed E-state index contributed by atoms with van der Waals surface area (Å²) in [4.78, 5) is 25.4. The fourth-order valence-electron chi connectivity index (χ4n) is 5.34. The SMILES string of the molecule is CCCCCCCCCCCCCCCC(=O)Nc1ccc(-c2[nH]n(-c3cccc(S(=O)(=O)O)c3)c(=O)c2CCC#N)cc1. The van der Waals surface area contributed by atoms with Crippen molar-refractivity contribution in [3.8, 4) is 23.0 Å². The molecule has 3 aromatic rings. The molecule has 0 aliphatic carbocycles. The molecule has 0 unspecified atom stereocenters. The molecule has 0 saturated carbocycles. The van der Waals surface area contributed by atoms with Crippen LogP contribution in [0.2, 0.25) is 0 Å². The molecule has 3 rings (SSSR count). The summed E-state index contributed by atoms with van der Waals surface area (Å²) in [5.74, 6) is -0.0335. The van der Waals surface area contributed by atoms with Crippen molar-refractivity contribution in [3.63, 3.8) is 0 Å². The monoisotopic (exact) mass is 622 g/mol. The minimum Gasteiger partial charge on any atom is -0.326 e. The predicted octanol–water partition coefficient (Wildman–Crippen LogP) is 7.96. The molecular formula is C34H46N4O5S. The normalized spacial score (nSPS) is 11.4. The number of carbonyl (C=O) groups is 1.